The molecule has 1 saturated heterocycles. The summed E-state index contributed by atoms with van der Waals surface area (Å²) in [5, 5.41) is 12.2. The van der Waals surface area contributed by atoms with Crippen LogP contribution in [0.25, 0.3) is 11.1 Å². The van der Waals surface area contributed by atoms with Crippen molar-refractivity contribution in [1.29, 1.82) is 0 Å². The summed E-state index contributed by atoms with van der Waals surface area (Å²) in [5.41, 5.74) is 3.71. The first-order chi connectivity index (χ1) is 15.6. The van der Waals surface area contributed by atoms with Crippen LogP contribution in [0.5, 0.6) is 0 Å². The average molecular weight is 433 g/mol. The Bertz CT molecular complexity index is 1120. The van der Waals surface area contributed by atoms with Crippen LogP contribution in [-0.4, -0.2) is 47.0 Å². The normalized spacial score (nSPS) is 16.8. The first kappa shape index (κ1) is 20.3. The predicted octanol–water partition coefficient (Wildman–Crippen LogP) is 3.65. The number of carboxylic acid groups (broad SMARTS) is 1. The van der Waals surface area contributed by atoms with Crippen molar-refractivity contribution in [2.45, 2.75) is 24.3 Å². The number of ether oxygens (including phenoxy) is 2. The fourth-order valence-corrected chi connectivity index (χ4v) is 4.64. The number of nitrogens with one attached hydrogen (secondary N) is 2. The van der Waals surface area contributed by atoms with E-state index in [-0.39, 0.29) is 18.2 Å². The zero-order chi connectivity index (χ0) is 22.1. The van der Waals surface area contributed by atoms with Crippen molar-refractivity contribution >= 4 is 12.1 Å². The predicted molar refractivity (Wildman–Crippen MR) is 115 cm³/mol. The van der Waals surface area contributed by atoms with Gasteiger partial charge >= 0.3 is 12.1 Å². The van der Waals surface area contributed by atoms with E-state index in [1.54, 1.807) is 0 Å². The third kappa shape index (κ3) is 3.52. The molecule has 2 aromatic carbocycles. The summed E-state index contributed by atoms with van der Waals surface area (Å²) in [4.78, 5) is 31.2. The quantitative estimate of drug-likeness (QED) is 0.566. The summed E-state index contributed by atoms with van der Waals surface area (Å²) in [6, 6.07) is 16.3. The zero-order valence-electron chi connectivity index (χ0n) is 17.3. The van der Waals surface area contributed by atoms with Gasteiger partial charge in [-0.25, -0.2) is 14.6 Å². The number of rotatable bonds is 5. The van der Waals surface area contributed by atoms with Gasteiger partial charge in [0.25, 0.3) is 0 Å². The summed E-state index contributed by atoms with van der Waals surface area (Å²) in [5.74, 6) is -0.750. The maximum absolute atomic E-state index is 12.9. The largest absolute Gasteiger partial charge is 0.477 e. The van der Waals surface area contributed by atoms with Crippen molar-refractivity contribution in [1.82, 2.24) is 15.3 Å². The van der Waals surface area contributed by atoms with Crippen LogP contribution in [0.2, 0.25) is 0 Å². The Hall–Kier alpha value is -3.65. The minimum Gasteiger partial charge on any atom is -0.477 e. The van der Waals surface area contributed by atoms with Gasteiger partial charge in [-0.2, -0.15) is 0 Å². The van der Waals surface area contributed by atoms with E-state index in [1.165, 1.54) is 6.20 Å². The molecule has 8 heteroatoms. The Balaban J connectivity index is 1.34. The number of H-pyrrole nitrogens is 1. The Kier molecular flexibility index (Phi) is 5.14. The van der Waals surface area contributed by atoms with E-state index in [0.29, 0.717) is 31.9 Å². The van der Waals surface area contributed by atoms with Crippen LogP contribution in [0, 0.1) is 0 Å². The summed E-state index contributed by atoms with van der Waals surface area (Å²) >= 11 is 0. The van der Waals surface area contributed by atoms with Crippen molar-refractivity contribution in [2.24, 2.45) is 0 Å². The van der Waals surface area contributed by atoms with E-state index in [0.717, 1.165) is 22.3 Å². The third-order valence-electron chi connectivity index (χ3n) is 6.29. The number of nitrogens with zero attached hydrogens (tertiary/aromatic N) is 1. The van der Waals surface area contributed by atoms with Gasteiger partial charge in [-0.1, -0.05) is 48.5 Å². The number of carbonyl (C=O) groups is 2. The van der Waals surface area contributed by atoms with Crippen LogP contribution in [0.4, 0.5) is 4.79 Å². The van der Waals surface area contributed by atoms with E-state index in [2.05, 4.69) is 39.6 Å². The molecule has 0 saturated carbocycles. The standard InChI is InChI=1S/C24H23N3O5/c28-21(29)20-13-25-22(26-20)24(9-11-31-12-10-24)27-23(30)32-14-19-17-7-3-1-5-15(17)16-6-2-4-8-18(16)19/h1-8,13,19H,9-12,14H2,(H,25,26)(H,27,30)(H,28,29). The monoisotopic (exact) mass is 433 g/mol. The average Bonchev–Trinajstić information content (AvgIpc) is 3.43. The summed E-state index contributed by atoms with van der Waals surface area (Å²) in [6.07, 6.45) is 1.61. The number of carbonyl (C=O) groups excluding carboxylic acids is 1. The fourth-order valence-electron chi connectivity index (χ4n) is 4.64. The molecule has 0 unspecified atom stereocenters. The van der Waals surface area contributed by atoms with Crippen LogP contribution in [0.15, 0.2) is 54.7 Å². The van der Waals surface area contributed by atoms with Crippen molar-refractivity contribution in [3.05, 3.63) is 77.4 Å². The van der Waals surface area contributed by atoms with Crippen LogP contribution >= 0.6 is 0 Å². The molecule has 1 amide bonds. The molecule has 1 aliphatic carbocycles. The molecule has 1 aliphatic heterocycles. The highest BCUT2D eigenvalue weighted by atomic mass is 16.5. The second kappa shape index (κ2) is 8.12. The molecule has 2 aliphatic rings. The molecule has 3 N–H and O–H groups in total. The Morgan fingerprint density at radius 2 is 1.72 bits per heavy atom. The van der Waals surface area contributed by atoms with E-state index in [9.17, 15) is 14.7 Å². The lowest BCUT2D eigenvalue weighted by Gasteiger charge is -2.35. The molecule has 1 aromatic heterocycles. The fraction of sp³-hybridized carbons (Fsp3) is 0.292. The van der Waals surface area contributed by atoms with Gasteiger partial charge in [0.15, 0.2) is 0 Å². The van der Waals surface area contributed by atoms with E-state index in [4.69, 9.17) is 9.47 Å². The molecule has 1 fully saturated rings. The number of carboxylic acids is 1. The zero-order valence-corrected chi connectivity index (χ0v) is 17.3. The van der Waals surface area contributed by atoms with Gasteiger partial charge in [0.2, 0.25) is 0 Å². The van der Waals surface area contributed by atoms with Crippen LogP contribution < -0.4 is 5.32 Å². The van der Waals surface area contributed by atoms with Gasteiger partial charge < -0.3 is 24.9 Å². The second-order valence-corrected chi connectivity index (χ2v) is 8.10. The molecule has 32 heavy (non-hydrogen) atoms. The molecule has 0 radical (unpaired) electrons. The highest BCUT2D eigenvalue weighted by Gasteiger charge is 2.40. The second-order valence-electron chi connectivity index (χ2n) is 8.10. The van der Waals surface area contributed by atoms with Crippen molar-refractivity contribution < 1.29 is 24.2 Å². The number of benzene rings is 2. The minimum atomic E-state index is -1.10. The molecule has 0 bridgehead atoms. The van der Waals surface area contributed by atoms with Gasteiger partial charge in [0, 0.05) is 32.0 Å². The maximum atomic E-state index is 12.9. The minimum absolute atomic E-state index is 0.0276. The lowest BCUT2D eigenvalue weighted by atomic mass is 9.89. The maximum Gasteiger partial charge on any atom is 0.407 e. The summed E-state index contributed by atoms with van der Waals surface area (Å²) in [6.45, 7) is 1.05. The number of imidazole rings is 1. The Morgan fingerprint density at radius 1 is 1.09 bits per heavy atom. The SMILES string of the molecule is O=C(NC1(c2ncc(C(=O)O)[nH]2)CCOCC1)OCC1c2ccccc2-c2ccccc21. The van der Waals surface area contributed by atoms with E-state index in [1.807, 2.05) is 24.3 Å². The molecule has 3 aromatic rings. The van der Waals surface area contributed by atoms with Crippen molar-refractivity contribution in [3.63, 3.8) is 0 Å². The number of hydrogen-bond donors (Lipinski definition) is 3. The first-order valence-corrected chi connectivity index (χ1v) is 10.6. The van der Waals surface area contributed by atoms with Gasteiger partial charge in [-0.15, -0.1) is 0 Å². The van der Waals surface area contributed by atoms with E-state index < -0.39 is 17.6 Å². The lowest BCUT2D eigenvalue weighted by molar-refractivity contribution is 0.0304. The topological polar surface area (TPSA) is 114 Å². The smallest absolute Gasteiger partial charge is 0.407 e. The van der Waals surface area contributed by atoms with Crippen LogP contribution in [0.1, 0.15) is 46.2 Å². The molecular formula is C24H23N3O5. The van der Waals surface area contributed by atoms with Gasteiger partial charge in [-0.05, 0) is 22.3 Å². The number of hydrogen-bond acceptors (Lipinski definition) is 5. The number of aromatic carboxylic acids is 1. The van der Waals surface area contributed by atoms with E-state index >= 15 is 0 Å². The third-order valence-corrected chi connectivity index (χ3v) is 6.29. The molecular weight excluding hydrogens is 410 g/mol. The highest BCUT2D eigenvalue weighted by Crippen LogP contribution is 2.44. The number of alkyl carbamates (subject to hydrolysis) is 1. The summed E-state index contributed by atoms with van der Waals surface area (Å²) in [7, 11) is 0. The van der Waals surface area contributed by atoms with Crippen molar-refractivity contribution in [2.75, 3.05) is 19.8 Å². The highest BCUT2D eigenvalue weighted by molar-refractivity contribution is 5.85. The van der Waals surface area contributed by atoms with Crippen LogP contribution in [0.3, 0.4) is 0 Å². The van der Waals surface area contributed by atoms with Gasteiger partial charge in [0.1, 0.15) is 23.7 Å². The molecule has 0 spiro atoms. The summed E-state index contributed by atoms with van der Waals surface area (Å²) < 4.78 is 11.1. The Morgan fingerprint density at radius 3 is 2.31 bits per heavy atom. The molecule has 0 atom stereocenters. The number of fused-ring (bicyclic) bond motifs is 3. The lowest BCUT2D eigenvalue weighted by Crippen LogP contribution is -2.50. The molecule has 2 heterocycles. The van der Waals surface area contributed by atoms with Gasteiger partial charge in [0.05, 0.1) is 6.20 Å². The number of aromatic amines is 1. The molecule has 8 nitrogen and oxygen atoms in total. The van der Waals surface area contributed by atoms with Crippen molar-refractivity contribution in [3.8, 4) is 11.1 Å². The molecule has 164 valence electrons. The number of aromatic nitrogens is 2. The molecule has 5 rings (SSSR count). The van der Waals surface area contributed by atoms with Gasteiger partial charge in [-0.3, -0.25) is 0 Å². The number of amides is 1. The van der Waals surface area contributed by atoms with Crippen LogP contribution in [-0.2, 0) is 15.0 Å². The first-order valence-electron chi connectivity index (χ1n) is 10.6. The Labute approximate surface area is 184 Å².